The minimum Gasteiger partial charge on any atom is -0.309 e. The molecular weight excluding hydrogens is 248 g/mol. The first-order valence-electron chi connectivity index (χ1n) is 5.59. The van der Waals surface area contributed by atoms with Crippen LogP contribution >= 0.6 is 12.6 Å². The number of carbonyl (C=O) groups is 2. The van der Waals surface area contributed by atoms with Gasteiger partial charge in [-0.15, -0.1) is 0 Å². The number of aromatic nitrogens is 2. The summed E-state index contributed by atoms with van der Waals surface area (Å²) in [7, 11) is 0. The van der Waals surface area contributed by atoms with E-state index in [1.54, 1.807) is 4.57 Å². The fourth-order valence-corrected chi connectivity index (χ4v) is 2.75. The third kappa shape index (κ3) is 1.66. The molecule has 5 heteroatoms. The Hall–Kier alpha value is -1.62. The lowest BCUT2D eigenvalue weighted by molar-refractivity contribution is -0.135. The molecule has 0 saturated heterocycles. The molecule has 94 valence electrons. The van der Waals surface area contributed by atoms with Crippen LogP contribution in [0.15, 0.2) is 30.6 Å². The number of fused-ring (bicyclic) bond motifs is 1. The molecule has 0 aliphatic carbocycles. The molecule has 1 heterocycles. The second kappa shape index (κ2) is 4.57. The number of hydrogen-bond acceptors (Lipinski definition) is 4. The van der Waals surface area contributed by atoms with E-state index in [4.69, 9.17) is 0 Å². The maximum absolute atomic E-state index is 12.0. The SMILES string of the molecule is CC(=O)C(CS)(C(C)=O)n1cnc2ccccc21. The number of nitrogens with zero attached hydrogens (tertiary/aromatic N) is 2. The Balaban J connectivity index is 2.77. The van der Waals surface area contributed by atoms with Gasteiger partial charge in [0.1, 0.15) is 0 Å². The lowest BCUT2D eigenvalue weighted by Gasteiger charge is -2.28. The second-order valence-electron chi connectivity index (χ2n) is 4.23. The molecule has 0 saturated carbocycles. The number of hydrogen-bond donors (Lipinski definition) is 1. The first-order chi connectivity index (χ1) is 8.54. The minimum absolute atomic E-state index is 0.123. The highest BCUT2D eigenvalue weighted by Crippen LogP contribution is 2.26. The van der Waals surface area contributed by atoms with Crippen LogP contribution in [0.5, 0.6) is 0 Å². The maximum atomic E-state index is 12.0. The minimum atomic E-state index is -1.26. The molecule has 4 nitrogen and oxygen atoms in total. The van der Waals surface area contributed by atoms with Crippen molar-refractivity contribution in [2.24, 2.45) is 0 Å². The molecule has 1 aromatic carbocycles. The van der Waals surface area contributed by atoms with Gasteiger partial charge in [0.2, 0.25) is 0 Å². The van der Waals surface area contributed by atoms with E-state index < -0.39 is 5.54 Å². The average Bonchev–Trinajstić information content (AvgIpc) is 2.75. The van der Waals surface area contributed by atoms with Crippen LogP contribution in [0.1, 0.15) is 13.8 Å². The summed E-state index contributed by atoms with van der Waals surface area (Å²) in [6.07, 6.45) is 1.53. The normalized spacial score (nSPS) is 11.7. The van der Waals surface area contributed by atoms with Gasteiger partial charge in [-0.2, -0.15) is 12.6 Å². The van der Waals surface area contributed by atoms with Gasteiger partial charge < -0.3 is 4.57 Å². The highest BCUT2D eigenvalue weighted by atomic mass is 32.1. The Bertz CT molecular complexity index is 604. The van der Waals surface area contributed by atoms with Crippen LogP contribution in [-0.2, 0) is 15.1 Å². The summed E-state index contributed by atoms with van der Waals surface area (Å²) < 4.78 is 1.62. The third-order valence-electron chi connectivity index (χ3n) is 3.26. The highest BCUT2D eigenvalue weighted by Gasteiger charge is 2.41. The van der Waals surface area contributed by atoms with Gasteiger partial charge in [-0.25, -0.2) is 4.98 Å². The lowest BCUT2D eigenvalue weighted by atomic mass is 9.92. The zero-order valence-electron chi connectivity index (χ0n) is 10.3. The molecule has 1 aromatic heterocycles. The predicted octanol–water partition coefficient (Wildman–Crippen LogP) is 1.84. The van der Waals surface area contributed by atoms with Crippen molar-refractivity contribution >= 4 is 35.2 Å². The molecule has 0 aliphatic heterocycles. The van der Waals surface area contributed by atoms with Crippen LogP contribution in [0.3, 0.4) is 0 Å². The number of rotatable bonds is 4. The molecule has 0 fully saturated rings. The topological polar surface area (TPSA) is 52.0 Å². The fourth-order valence-electron chi connectivity index (χ4n) is 2.15. The number of imidazole rings is 1. The average molecular weight is 262 g/mol. The van der Waals surface area contributed by atoms with Gasteiger partial charge in [-0.3, -0.25) is 9.59 Å². The number of ketones is 2. The molecule has 2 rings (SSSR count). The Labute approximate surface area is 110 Å². The van der Waals surface area contributed by atoms with Gasteiger partial charge in [0.05, 0.1) is 17.4 Å². The monoisotopic (exact) mass is 262 g/mol. The number of thiol groups is 1. The predicted molar refractivity (Wildman–Crippen MR) is 72.9 cm³/mol. The van der Waals surface area contributed by atoms with E-state index >= 15 is 0 Å². The molecule has 0 unspecified atom stereocenters. The summed E-state index contributed by atoms with van der Waals surface area (Å²) in [5.74, 6) is -0.334. The molecule has 18 heavy (non-hydrogen) atoms. The lowest BCUT2D eigenvalue weighted by Crippen LogP contribution is -2.48. The number of benzene rings is 1. The molecule has 0 N–H and O–H groups in total. The van der Waals surface area contributed by atoms with Crippen molar-refractivity contribution in [2.75, 3.05) is 5.75 Å². The summed E-state index contributed by atoms with van der Waals surface area (Å²) in [6, 6.07) is 7.40. The molecule has 0 amide bonds. The van der Waals surface area contributed by atoms with Crippen molar-refractivity contribution in [2.45, 2.75) is 19.4 Å². The first kappa shape index (κ1) is 12.8. The van der Waals surface area contributed by atoms with Crippen molar-refractivity contribution in [3.05, 3.63) is 30.6 Å². The zero-order valence-corrected chi connectivity index (χ0v) is 11.1. The standard InChI is InChI=1S/C13H14N2O2S/c1-9(16)13(7-18,10(2)17)15-8-14-11-5-3-4-6-12(11)15/h3-6,8,18H,7H2,1-2H3. The van der Waals surface area contributed by atoms with Crippen molar-refractivity contribution in [1.82, 2.24) is 9.55 Å². The Kier molecular flexibility index (Phi) is 3.26. The Morgan fingerprint density at radius 1 is 1.28 bits per heavy atom. The number of Topliss-reactive ketones (excluding diaryl/α,β-unsaturated/α-hetero) is 2. The van der Waals surface area contributed by atoms with Crippen LogP contribution in [0.2, 0.25) is 0 Å². The van der Waals surface area contributed by atoms with Crippen LogP contribution in [-0.4, -0.2) is 26.9 Å². The molecule has 0 spiro atoms. The van der Waals surface area contributed by atoms with E-state index in [1.165, 1.54) is 20.2 Å². The van der Waals surface area contributed by atoms with Crippen molar-refractivity contribution in [1.29, 1.82) is 0 Å². The van der Waals surface area contributed by atoms with Gasteiger partial charge in [0, 0.05) is 5.75 Å². The van der Waals surface area contributed by atoms with Gasteiger partial charge >= 0.3 is 0 Å². The number of carbonyl (C=O) groups excluding carboxylic acids is 2. The Morgan fingerprint density at radius 3 is 2.44 bits per heavy atom. The molecule has 0 radical (unpaired) electrons. The number of para-hydroxylation sites is 2. The summed E-state index contributed by atoms with van der Waals surface area (Å²) >= 11 is 4.20. The van der Waals surface area contributed by atoms with E-state index in [-0.39, 0.29) is 17.3 Å². The van der Waals surface area contributed by atoms with Gasteiger partial charge in [-0.05, 0) is 26.0 Å². The van der Waals surface area contributed by atoms with Crippen molar-refractivity contribution in [3.63, 3.8) is 0 Å². The maximum Gasteiger partial charge on any atom is 0.171 e. The molecule has 2 aromatic rings. The molecule has 0 bridgehead atoms. The summed E-state index contributed by atoms with van der Waals surface area (Å²) in [5, 5.41) is 0. The van der Waals surface area contributed by atoms with E-state index in [9.17, 15) is 9.59 Å². The smallest absolute Gasteiger partial charge is 0.171 e. The van der Waals surface area contributed by atoms with Gasteiger partial charge in [-0.1, -0.05) is 12.1 Å². The summed E-state index contributed by atoms with van der Waals surface area (Å²) in [6.45, 7) is 2.82. The molecule has 0 atom stereocenters. The zero-order chi connectivity index (χ0) is 13.3. The van der Waals surface area contributed by atoms with Gasteiger partial charge in [0.25, 0.3) is 0 Å². The van der Waals surface area contributed by atoms with Crippen LogP contribution < -0.4 is 0 Å². The third-order valence-corrected chi connectivity index (χ3v) is 3.72. The van der Waals surface area contributed by atoms with E-state index in [2.05, 4.69) is 17.6 Å². The van der Waals surface area contributed by atoms with Crippen molar-refractivity contribution < 1.29 is 9.59 Å². The van der Waals surface area contributed by atoms with Crippen LogP contribution in [0.4, 0.5) is 0 Å². The summed E-state index contributed by atoms with van der Waals surface area (Å²) in [5.41, 5.74) is 0.252. The van der Waals surface area contributed by atoms with Gasteiger partial charge in [0.15, 0.2) is 17.1 Å². The Morgan fingerprint density at radius 2 is 1.89 bits per heavy atom. The van der Waals surface area contributed by atoms with E-state index in [0.717, 1.165) is 11.0 Å². The quantitative estimate of drug-likeness (QED) is 0.675. The molecular formula is C13H14N2O2S. The highest BCUT2D eigenvalue weighted by molar-refractivity contribution is 7.80. The van der Waals surface area contributed by atoms with Crippen molar-refractivity contribution in [3.8, 4) is 0 Å². The largest absolute Gasteiger partial charge is 0.309 e. The summed E-state index contributed by atoms with van der Waals surface area (Å²) in [4.78, 5) is 28.1. The van der Waals surface area contributed by atoms with Crippen LogP contribution in [0, 0.1) is 0 Å². The molecule has 0 aliphatic rings. The first-order valence-corrected chi connectivity index (χ1v) is 6.23. The fraction of sp³-hybridized carbons (Fsp3) is 0.308. The van der Waals surface area contributed by atoms with E-state index in [1.807, 2.05) is 24.3 Å². The second-order valence-corrected chi connectivity index (χ2v) is 4.55. The van der Waals surface area contributed by atoms with E-state index in [0.29, 0.717) is 0 Å². The van der Waals surface area contributed by atoms with Crippen LogP contribution in [0.25, 0.3) is 11.0 Å².